The molecule has 0 aliphatic heterocycles. The third-order valence-electron chi connectivity index (χ3n) is 4.22. The number of aliphatic carboxylic acids is 1. The maximum Gasteiger partial charge on any atom is 0.303 e. The number of rotatable bonds is 7. The van der Waals surface area contributed by atoms with Crippen molar-refractivity contribution in [2.75, 3.05) is 5.32 Å². The van der Waals surface area contributed by atoms with Crippen molar-refractivity contribution in [1.82, 2.24) is 0 Å². The SMILES string of the molecule is CCC[C@H]1CCc2c(sc(NC(=O)CCCC(=O)O)c2C#N)C1. The zero-order valence-corrected chi connectivity index (χ0v) is 14.2. The van der Waals surface area contributed by atoms with Gasteiger partial charge in [0.1, 0.15) is 11.1 Å². The molecule has 0 unspecified atom stereocenters. The molecule has 1 aliphatic carbocycles. The van der Waals surface area contributed by atoms with Crippen molar-refractivity contribution in [2.45, 2.75) is 58.3 Å². The Morgan fingerprint density at radius 2 is 2.22 bits per heavy atom. The normalized spacial score (nSPS) is 16.4. The first-order chi connectivity index (χ1) is 11.0. The minimum atomic E-state index is -0.899. The van der Waals surface area contributed by atoms with E-state index in [1.165, 1.54) is 29.1 Å². The molecule has 0 aromatic carbocycles. The number of nitrogens with zero attached hydrogens (tertiary/aromatic N) is 1. The number of carbonyl (C=O) groups is 2. The van der Waals surface area contributed by atoms with Crippen LogP contribution in [0.2, 0.25) is 0 Å². The fourth-order valence-corrected chi connectivity index (χ4v) is 4.43. The number of anilines is 1. The Balaban J connectivity index is 2.04. The zero-order chi connectivity index (χ0) is 16.8. The lowest BCUT2D eigenvalue weighted by Gasteiger charge is -2.21. The van der Waals surface area contributed by atoms with Gasteiger partial charge in [0.25, 0.3) is 0 Å². The summed E-state index contributed by atoms with van der Waals surface area (Å²) < 4.78 is 0. The van der Waals surface area contributed by atoms with Crippen molar-refractivity contribution < 1.29 is 14.7 Å². The van der Waals surface area contributed by atoms with Crippen LogP contribution in [0.25, 0.3) is 0 Å². The Morgan fingerprint density at radius 1 is 1.43 bits per heavy atom. The van der Waals surface area contributed by atoms with Gasteiger partial charge in [-0.2, -0.15) is 5.26 Å². The van der Waals surface area contributed by atoms with Crippen LogP contribution in [0.5, 0.6) is 0 Å². The van der Waals surface area contributed by atoms with Gasteiger partial charge in [-0.05, 0) is 37.2 Å². The van der Waals surface area contributed by atoms with Crippen molar-refractivity contribution in [2.24, 2.45) is 5.92 Å². The minimum Gasteiger partial charge on any atom is -0.481 e. The van der Waals surface area contributed by atoms with Crippen LogP contribution in [0.4, 0.5) is 5.00 Å². The predicted octanol–water partition coefficient (Wildman–Crippen LogP) is 3.72. The second kappa shape index (κ2) is 8.11. The summed E-state index contributed by atoms with van der Waals surface area (Å²) in [4.78, 5) is 23.6. The summed E-state index contributed by atoms with van der Waals surface area (Å²) in [6.07, 6.45) is 5.85. The van der Waals surface area contributed by atoms with E-state index in [0.29, 0.717) is 22.9 Å². The molecular formula is C17H22N2O3S. The fraction of sp³-hybridized carbons (Fsp3) is 0.588. The van der Waals surface area contributed by atoms with E-state index in [1.807, 2.05) is 0 Å². The standard InChI is InChI=1S/C17H22N2O3S/c1-2-4-11-7-8-12-13(10-18)17(23-14(12)9-11)19-15(20)5-3-6-16(21)22/h11H,2-9H2,1H3,(H,19,20)(H,21,22)/t11-/m0/s1. The maximum atomic E-state index is 11.9. The highest BCUT2D eigenvalue weighted by Crippen LogP contribution is 2.40. The summed E-state index contributed by atoms with van der Waals surface area (Å²) in [6, 6.07) is 2.23. The summed E-state index contributed by atoms with van der Waals surface area (Å²) in [7, 11) is 0. The van der Waals surface area contributed by atoms with Gasteiger partial charge in [-0.3, -0.25) is 9.59 Å². The van der Waals surface area contributed by atoms with E-state index in [-0.39, 0.29) is 18.7 Å². The van der Waals surface area contributed by atoms with Gasteiger partial charge in [-0.25, -0.2) is 0 Å². The molecule has 124 valence electrons. The van der Waals surface area contributed by atoms with Crippen molar-refractivity contribution >= 4 is 28.2 Å². The van der Waals surface area contributed by atoms with Gasteiger partial charge in [-0.1, -0.05) is 19.8 Å². The summed E-state index contributed by atoms with van der Waals surface area (Å²) in [5, 5.41) is 21.5. The molecular weight excluding hydrogens is 312 g/mol. The molecule has 0 spiro atoms. The number of amides is 1. The van der Waals surface area contributed by atoms with Crippen LogP contribution in [0, 0.1) is 17.2 Å². The van der Waals surface area contributed by atoms with E-state index in [4.69, 9.17) is 5.11 Å². The molecule has 0 bridgehead atoms. The molecule has 1 aromatic rings. The largest absolute Gasteiger partial charge is 0.481 e. The Kier molecular flexibility index (Phi) is 6.17. The monoisotopic (exact) mass is 334 g/mol. The maximum absolute atomic E-state index is 11.9. The van der Waals surface area contributed by atoms with Crippen LogP contribution in [0.3, 0.4) is 0 Å². The van der Waals surface area contributed by atoms with Crippen molar-refractivity contribution in [3.05, 3.63) is 16.0 Å². The molecule has 1 aromatic heterocycles. The number of carbonyl (C=O) groups excluding carboxylic acids is 1. The molecule has 1 aliphatic rings. The van der Waals surface area contributed by atoms with Crippen LogP contribution < -0.4 is 5.32 Å². The second-order valence-corrected chi connectivity index (χ2v) is 7.12. The van der Waals surface area contributed by atoms with Gasteiger partial charge >= 0.3 is 5.97 Å². The molecule has 2 N–H and O–H groups in total. The Labute approximate surface area is 140 Å². The van der Waals surface area contributed by atoms with Crippen LogP contribution in [-0.4, -0.2) is 17.0 Å². The van der Waals surface area contributed by atoms with Gasteiger partial charge in [0.2, 0.25) is 5.91 Å². The minimum absolute atomic E-state index is 0.0157. The van der Waals surface area contributed by atoms with Crippen LogP contribution in [-0.2, 0) is 22.4 Å². The number of fused-ring (bicyclic) bond motifs is 1. The van der Waals surface area contributed by atoms with E-state index >= 15 is 0 Å². The third-order valence-corrected chi connectivity index (χ3v) is 5.39. The number of carboxylic acid groups (broad SMARTS) is 1. The summed E-state index contributed by atoms with van der Waals surface area (Å²) in [5.74, 6) is -0.438. The fourth-order valence-electron chi connectivity index (χ4n) is 3.10. The number of nitriles is 1. The summed E-state index contributed by atoms with van der Waals surface area (Å²) >= 11 is 1.51. The quantitative estimate of drug-likeness (QED) is 0.795. The van der Waals surface area contributed by atoms with E-state index in [9.17, 15) is 14.9 Å². The number of thiophene rings is 1. The highest BCUT2D eigenvalue weighted by molar-refractivity contribution is 7.16. The highest BCUT2D eigenvalue weighted by Gasteiger charge is 2.26. The lowest BCUT2D eigenvalue weighted by molar-refractivity contribution is -0.137. The number of carboxylic acids is 1. The van der Waals surface area contributed by atoms with Crippen molar-refractivity contribution in [3.8, 4) is 6.07 Å². The first-order valence-corrected chi connectivity index (χ1v) is 8.93. The van der Waals surface area contributed by atoms with Gasteiger partial charge in [0.05, 0.1) is 5.56 Å². The highest BCUT2D eigenvalue weighted by atomic mass is 32.1. The average Bonchev–Trinajstić information content (AvgIpc) is 2.83. The van der Waals surface area contributed by atoms with Crippen LogP contribution in [0.15, 0.2) is 0 Å². The topological polar surface area (TPSA) is 90.2 Å². The number of nitrogens with one attached hydrogen (secondary N) is 1. The molecule has 1 atom stereocenters. The van der Waals surface area contributed by atoms with E-state index in [0.717, 1.165) is 24.8 Å². The van der Waals surface area contributed by atoms with Crippen molar-refractivity contribution in [1.29, 1.82) is 5.26 Å². The first-order valence-electron chi connectivity index (χ1n) is 8.11. The second-order valence-electron chi connectivity index (χ2n) is 6.01. The van der Waals surface area contributed by atoms with E-state index < -0.39 is 5.97 Å². The Hall–Kier alpha value is -1.87. The van der Waals surface area contributed by atoms with Gasteiger partial charge in [-0.15, -0.1) is 11.3 Å². The molecule has 2 rings (SSSR count). The number of hydrogen-bond donors (Lipinski definition) is 2. The number of hydrogen-bond acceptors (Lipinski definition) is 4. The lowest BCUT2D eigenvalue weighted by Crippen LogP contribution is -2.13. The zero-order valence-electron chi connectivity index (χ0n) is 13.4. The molecule has 6 heteroatoms. The summed E-state index contributed by atoms with van der Waals surface area (Å²) in [5.41, 5.74) is 1.71. The molecule has 0 fully saturated rings. The average molecular weight is 334 g/mol. The molecule has 0 radical (unpaired) electrons. The third kappa shape index (κ3) is 4.55. The lowest BCUT2D eigenvalue weighted by atomic mass is 9.85. The summed E-state index contributed by atoms with van der Waals surface area (Å²) in [6.45, 7) is 2.19. The van der Waals surface area contributed by atoms with E-state index in [1.54, 1.807) is 0 Å². The Bertz CT molecular complexity index is 631. The van der Waals surface area contributed by atoms with Crippen LogP contribution >= 0.6 is 11.3 Å². The van der Waals surface area contributed by atoms with Gasteiger partial charge < -0.3 is 10.4 Å². The van der Waals surface area contributed by atoms with Gasteiger partial charge in [0, 0.05) is 17.7 Å². The van der Waals surface area contributed by atoms with E-state index in [2.05, 4.69) is 18.3 Å². The molecule has 0 saturated heterocycles. The first kappa shape index (κ1) is 17.5. The molecule has 1 heterocycles. The van der Waals surface area contributed by atoms with Gasteiger partial charge in [0.15, 0.2) is 0 Å². The molecule has 23 heavy (non-hydrogen) atoms. The smallest absolute Gasteiger partial charge is 0.303 e. The molecule has 1 amide bonds. The van der Waals surface area contributed by atoms with Crippen LogP contribution in [0.1, 0.15) is 61.5 Å². The predicted molar refractivity (Wildman–Crippen MR) is 89.6 cm³/mol. The van der Waals surface area contributed by atoms with Crippen molar-refractivity contribution in [3.63, 3.8) is 0 Å². The molecule has 0 saturated carbocycles. The Morgan fingerprint density at radius 3 is 2.87 bits per heavy atom. The molecule has 5 nitrogen and oxygen atoms in total.